The zero-order valence-electron chi connectivity index (χ0n) is 15.8. The van der Waals surface area contributed by atoms with Crippen LogP contribution in [0.25, 0.3) is 0 Å². The van der Waals surface area contributed by atoms with Crippen LogP contribution in [-0.2, 0) is 11.2 Å². The summed E-state index contributed by atoms with van der Waals surface area (Å²) in [6, 6.07) is 12.7. The van der Waals surface area contributed by atoms with E-state index in [1.165, 1.54) is 17.7 Å². The molecule has 1 heterocycles. The maximum absolute atomic E-state index is 12.5. The van der Waals surface area contributed by atoms with Crippen molar-refractivity contribution in [3.63, 3.8) is 0 Å². The molecule has 1 aliphatic heterocycles. The van der Waals surface area contributed by atoms with Crippen molar-refractivity contribution in [2.45, 2.75) is 39.2 Å². The zero-order valence-corrected chi connectivity index (χ0v) is 15.8. The van der Waals surface area contributed by atoms with Crippen LogP contribution in [0, 0.1) is 13.8 Å². The Labute approximate surface area is 159 Å². The Hall–Kier alpha value is -2.82. The maximum Gasteiger partial charge on any atom is 0.335 e. The number of carbonyl (C=O) groups excluding carboxylic acids is 1. The van der Waals surface area contributed by atoms with Crippen molar-refractivity contribution in [3.8, 4) is 5.75 Å². The van der Waals surface area contributed by atoms with Gasteiger partial charge in [0.2, 0.25) is 5.91 Å². The number of likely N-dealkylation sites (tertiary alicyclic amines) is 1. The van der Waals surface area contributed by atoms with E-state index in [0.717, 1.165) is 29.7 Å². The summed E-state index contributed by atoms with van der Waals surface area (Å²) < 4.78 is 6.16. The molecule has 5 nitrogen and oxygen atoms in total. The fraction of sp³-hybridized carbons (Fsp3) is 0.364. The molecule has 1 aliphatic rings. The summed E-state index contributed by atoms with van der Waals surface area (Å²) in [4.78, 5) is 25.3. The van der Waals surface area contributed by atoms with Gasteiger partial charge in [0, 0.05) is 25.9 Å². The van der Waals surface area contributed by atoms with E-state index in [-0.39, 0.29) is 17.6 Å². The minimum Gasteiger partial charge on any atom is -0.490 e. The molecule has 142 valence electrons. The zero-order chi connectivity index (χ0) is 19.4. The van der Waals surface area contributed by atoms with Gasteiger partial charge >= 0.3 is 5.97 Å². The number of hydrogen-bond donors (Lipinski definition) is 1. The Morgan fingerprint density at radius 2 is 1.74 bits per heavy atom. The van der Waals surface area contributed by atoms with Crippen molar-refractivity contribution in [1.29, 1.82) is 0 Å². The molecule has 2 aromatic rings. The summed E-state index contributed by atoms with van der Waals surface area (Å²) >= 11 is 0. The number of nitrogens with zero attached hydrogens (tertiary/aromatic N) is 1. The quantitative estimate of drug-likeness (QED) is 0.877. The first kappa shape index (κ1) is 19.0. The summed E-state index contributed by atoms with van der Waals surface area (Å²) in [5, 5.41) is 8.94. The predicted octanol–water partition coefficient (Wildman–Crippen LogP) is 3.61. The lowest BCUT2D eigenvalue weighted by Gasteiger charge is -2.32. The van der Waals surface area contributed by atoms with E-state index < -0.39 is 5.97 Å². The van der Waals surface area contributed by atoms with Gasteiger partial charge in [-0.05, 0) is 48.7 Å². The second-order valence-corrected chi connectivity index (χ2v) is 7.15. The number of aryl methyl sites for hydroxylation is 2. The summed E-state index contributed by atoms with van der Waals surface area (Å²) in [5.74, 6) is 0.0420. The lowest BCUT2D eigenvalue weighted by atomic mass is 10.0. The topological polar surface area (TPSA) is 66.8 Å². The van der Waals surface area contributed by atoms with Crippen LogP contribution in [0.1, 0.15) is 39.9 Å². The third kappa shape index (κ3) is 4.88. The monoisotopic (exact) mass is 367 g/mol. The van der Waals surface area contributed by atoms with Gasteiger partial charge in [0.25, 0.3) is 0 Å². The molecule has 1 saturated heterocycles. The molecule has 1 N–H and O–H groups in total. The predicted molar refractivity (Wildman–Crippen MR) is 103 cm³/mol. The Morgan fingerprint density at radius 1 is 1.07 bits per heavy atom. The van der Waals surface area contributed by atoms with Crippen molar-refractivity contribution >= 4 is 11.9 Å². The maximum atomic E-state index is 12.5. The highest BCUT2D eigenvalue weighted by molar-refractivity contribution is 5.87. The first-order chi connectivity index (χ1) is 12.9. The van der Waals surface area contributed by atoms with Crippen molar-refractivity contribution in [2.24, 2.45) is 0 Å². The molecule has 0 aliphatic carbocycles. The molecule has 0 spiro atoms. The highest BCUT2D eigenvalue weighted by atomic mass is 16.5. The Bertz CT molecular complexity index is 821. The number of amides is 1. The average molecular weight is 367 g/mol. The number of carbonyl (C=O) groups is 2. The van der Waals surface area contributed by atoms with Crippen LogP contribution in [0.15, 0.2) is 42.5 Å². The van der Waals surface area contributed by atoms with Crippen LogP contribution in [0.5, 0.6) is 5.75 Å². The number of benzene rings is 2. The van der Waals surface area contributed by atoms with Crippen molar-refractivity contribution < 1.29 is 19.4 Å². The number of hydrogen-bond acceptors (Lipinski definition) is 3. The van der Waals surface area contributed by atoms with Gasteiger partial charge in [-0.15, -0.1) is 0 Å². The van der Waals surface area contributed by atoms with E-state index in [4.69, 9.17) is 9.84 Å². The number of aromatic carboxylic acids is 1. The third-order valence-electron chi connectivity index (χ3n) is 4.99. The largest absolute Gasteiger partial charge is 0.490 e. The van der Waals surface area contributed by atoms with Crippen molar-refractivity contribution in [1.82, 2.24) is 4.90 Å². The molecule has 3 rings (SSSR count). The van der Waals surface area contributed by atoms with E-state index in [9.17, 15) is 9.59 Å². The van der Waals surface area contributed by atoms with Gasteiger partial charge in [-0.3, -0.25) is 4.79 Å². The number of carboxylic acid groups (broad SMARTS) is 1. The summed E-state index contributed by atoms with van der Waals surface area (Å²) in [7, 11) is 0. The lowest BCUT2D eigenvalue weighted by Crippen LogP contribution is -2.42. The molecule has 0 radical (unpaired) electrons. The van der Waals surface area contributed by atoms with Crippen LogP contribution in [0.4, 0.5) is 0 Å². The van der Waals surface area contributed by atoms with E-state index in [1.807, 2.05) is 11.8 Å². The lowest BCUT2D eigenvalue weighted by molar-refractivity contribution is -0.132. The first-order valence-electron chi connectivity index (χ1n) is 9.26. The Balaban J connectivity index is 1.51. The molecule has 27 heavy (non-hydrogen) atoms. The fourth-order valence-electron chi connectivity index (χ4n) is 3.29. The highest BCUT2D eigenvalue weighted by Gasteiger charge is 2.24. The van der Waals surface area contributed by atoms with E-state index in [0.29, 0.717) is 19.5 Å². The van der Waals surface area contributed by atoms with Gasteiger partial charge in [0.05, 0.1) is 12.0 Å². The Kier molecular flexibility index (Phi) is 5.79. The summed E-state index contributed by atoms with van der Waals surface area (Å²) in [6.45, 7) is 5.46. The van der Waals surface area contributed by atoms with E-state index in [2.05, 4.69) is 25.1 Å². The normalized spacial score (nSPS) is 14.8. The molecule has 0 saturated carbocycles. The molecular weight excluding hydrogens is 342 g/mol. The second-order valence-electron chi connectivity index (χ2n) is 7.15. The van der Waals surface area contributed by atoms with Crippen LogP contribution in [-0.4, -0.2) is 41.1 Å². The van der Waals surface area contributed by atoms with Gasteiger partial charge < -0.3 is 14.7 Å². The molecule has 0 bridgehead atoms. The standard InChI is InChI=1S/C22H25NO4/c1-15-3-4-16(2)20(13-15)27-19-9-11-23(12-10-19)21(24)14-17-5-7-18(8-6-17)22(25)26/h3-8,13,19H,9-12,14H2,1-2H3,(H,25,26). The minimum absolute atomic E-state index is 0.0725. The summed E-state index contributed by atoms with van der Waals surface area (Å²) in [6.07, 6.45) is 2.06. The second kappa shape index (κ2) is 8.25. The van der Waals surface area contributed by atoms with Crippen LogP contribution in [0.3, 0.4) is 0 Å². The third-order valence-corrected chi connectivity index (χ3v) is 4.99. The number of piperidine rings is 1. The molecule has 1 amide bonds. The average Bonchev–Trinajstić information content (AvgIpc) is 2.65. The molecule has 5 heteroatoms. The molecule has 0 atom stereocenters. The fourth-order valence-corrected chi connectivity index (χ4v) is 3.29. The summed E-state index contributed by atoms with van der Waals surface area (Å²) in [5.41, 5.74) is 3.37. The van der Waals surface area contributed by atoms with Crippen molar-refractivity contribution in [2.75, 3.05) is 13.1 Å². The van der Waals surface area contributed by atoms with E-state index >= 15 is 0 Å². The molecule has 2 aromatic carbocycles. The molecule has 0 aromatic heterocycles. The molecule has 0 unspecified atom stereocenters. The number of carboxylic acids is 1. The van der Waals surface area contributed by atoms with E-state index in [1.54, 1.807) is 12.1 Å². The van der Waals surface area contributed by atoms with Crippen LogP contribution in [0.2, 0.25) is 0 Å². The van der Waals surface area contributed by atoms with Crippen molar-refractivity contribution in [3.05, 3.63) is 64.7 Å². The van der Waals surface area contributed by atoms with Crippen LogP contribution < -0.4 is 4.74 Å². The van der Waals surface area contributed by atoms with Gasteiger partial charge in [-0.25, -0.2) is 4.79 Å². The van der Waals surface area contributed by atoms with Gasteiger partial charge in [0.1, 0.15) is 11.9 Å². The smallest absolute Gasteiger partial charge is 0.335 e. The van der Waals surface area contributed by atoms with Crippen LogP contribution >= 0.6 is 0 Å². The highest BCUT2D eigenvalue weighted by Crippen LogP contribution is 2.24. The van der Waals surface area contributed by atoms with Gasteiger partial charge in [-0.1, -0.05) is 24.3 Å². The minimum atomic E-state index is -0.959. The molecule has 1 fully saturated rings. The van der Waals surface area contributed by atoms with Gasteiger partial charge in [-0.2, -0.15) is 0 Å². The number of ether oxygens (including phenoxy) is 1. The SMILES string of the molecule is Cc1ccc(C)c(OC2CCN(C(=O)Cc3ccc(C(=O)O)cc3)CC2)c1. The molecular formula is C22H25NO4. The Morgan fingerprint density at radius 3 is 2.37 bits per heavy atom. The van der Waals surface area contributed by atoms with Gasteiger partial charge in [0.15, 0.2) is 0 Å². The first-order valence-corrected chi connectivity index (χ1v) is 9.26. The number of rotatable bonds is 5.